The first kappa shape index (κ1) is 19.1. The molecule has 0 saturated carbocycles. The Bertz CT molecular complexity index is 752. The normalized spacial score (nSPS) is 24.6. The summed E-state index contributed by atoms with van der Waals surface area (Å²) in [5, 5.41) is 6.69. The largest absolute Gasteiger partial charge is 0.325 e. The summed E-state index contributed by atoms with van der Waals surface area (Å²) in [5.41, 5.74) is 2.18. The highest BCUT2D eigenvalue weighted by atomic mass is 16.1. The fourth-order valence-corrected chi connectivity index (χ4v) is 4.72. The van der Waals surface area contributed by atoms with Crippen LogP contribution in [0.4, 0.5) is 5.69 Å². The van der Waals surface area contributed by atoms with Crippen molar-refractivity contribution in [2.24, 2.45) is 11.8 Å². The van der Waals surface area contributed by atoms with Crippen LogP contribution in [0.1, 0.15) is 31.2 Å². The first-order chi connectivity index (χ1) is 13.8. The highest BCUT2D eigenvalue weighted by molar-refractivity contribution is 5.90. The third-order valence-corrected chi connectivity index (χ3v) is 6.00. The molecule has 2 bridgehead atoms. The second-order valence-corrected chi connectivity index (χ2v) is 8.24. The van der Waals surface area contributed by atoms with Crippen molar-refractivity contribution in [1.82, 2.24) is 15.2 Å². The Kier molecular flexibility index (Phi) is 6.34. The van der Waals surface area contributed by atoms with Gasteiger partial charge in [0.2, 0.25) is 5.91 Å². The Morgan fingerprint density at radius 3 is 2.89 bits per heavy atom. The van der Waals surface area contributed by atoms with E-state index in [-0.39, 0.29) is 5.91 Å². The van der Waals surface area contributed by atoms with Crippen LogP contribution in [0.15, 0.2) is 54.9 Å². The average Bonchev–Trinajstić information content (AvgIpc) is 2.71. The quantitative estimate of drug-likeness (QED) is 0.776. The zero-order valence-corrected chi connectivity index (χ0v) is 16.4. The molecular formula is C23H30N4O. The smallest absolute Gasteiger partial charge is 0.224 e. The minimum Gasteiger partial charge on any atom is -0.325 e. The molecule has 0 spiro atoms. The van der Waals surface area contributed by atoms with Gasteiger partial charge in [-0.05, 0) is 55.3 Å². The number of nitrogens with one attached hydrogen (secondary N) is 2. The van der Waals surface area contributed by atoms with Gasteiger partial charge in [-0.2, -0.15) is 0 Å². The van der Waals surface area contributed by atoms with E-state index in [4.69, 9.17) is 0 Å². The summed E-state index contributed by atoms with van der Waals surface area (Å²) in [4.78, 5) is 18.8. The highest BCUT2D eigenvalue weighted by Gasteiger charge is 2.35. The van der Waals surface area contributed by atoms with Crippen LogP contribution in [0.3, 0.4) is 0 Å². The number of rotatable bonds is 7. The molecule has 2 aromatic rings. The number of carbonyl (C=O) groups excluding carboxylic acids is 1. The number of hydrogen-bond acceptors (Lipinski definition) is 4. The molecule has 2 fully saturated rings. The number of piperidine rings is 2. The van der Waals surface area contributed by atoms with E-state index in [1.165, 1.54) is 18.5 Å². The maximum Gasteiger partial charge on any atom is 0.224 e. The van der Waals surface area contributed by atoms with Gasteiger partial charge in [0.1, 0.15) is 0 Å². The molecule has 1 amide bonds. The van der Waals surface area contributed by atoms with Crippen molar-refractivity contribution in [3.8, 4) is 0 Å². The van der Waals surface area contributed by atoms with Gasteiger partial charge >= 0.3 is 0 Å². The molecule has 3 heterocycles. The molecule has 2 N–H and O–H groups in total. The lowest BCUT2D eigenvalue weighted by atomic mass is 9.79. The summed E-state index contributed by atoms with van der Waals surface area (Å²) in [5.74, 6) is 1.53. The summed E-state index contributed by atoms with van der Waals surface area (Å²) < 4.78 is 0. The van der Waals surface area contributed by atoms with Gasteiger partial charge in [-0.15, -0.1) is 0 Å². The van der Waals surface area contributed by atoms with Crippen molar-refractivity contribution >= 4 is 11.6 Å². The molecule has 4 rings (SSSR count). The zero-order valence-electron chi connectivity index (χ0n) is 16.4. The van der Waals surface area contributed by atoms with Crippen molar-refractivity contribution in [2.45, 2.75) is 38.3 Å². The van der Waals surface area contributed by atoms with Crippen LogP contribution >= 0.6 is 0 Å². The number of hydrogen-bond donors (Lipinski definition) is 2. The first-order valence-corrected chi connectivity index (χ1v) is 10.5. The second kappa shape index (κ2) is 9.30. The maximum absolute atomic E-state index is 12.2. The van der Waals surface area contributed by atoms with Gasteiger partial charge in [-0.1, -0.05) is 30.3 Å². The van der Waals surface area contributed by atoms with Crippen LogP contribution in [0.5, 0.6) is 0 Å². The monoisotopic (exact) mass is 378 g/mol. The lowest BCUT2D eigenvalue weighted by Crippen LogP contribution is -2.55. The Morgan fingerprint density at radius 2 is 2.07 bits per heavy atom. The molecule has 2 saturated heterocycles. The number of benzene rings is 1. The minimum atomic E-state index is 0.0797. The molecule has 28 heavy (non-hydrogen) atoms. The Hall–Kier alpha value is -2.24. The van der Waals surface area contributed by atoms with E-state index in [9.17, 15) is 4.79 Å². The van der Waals surface area contributed by atoms with Gasteiger partial charge < -0.3 is 10.6 Å². The van der Waals surface area contributed by atoms with E-state index >= 15 is 0 Å². The molecule has 0 aliphatic carbocycles. The molecule has 3 atom stereocenters. The Labute approximate surface area is 167 Å². The number of likely N-dealkylation sites (tertiary alicyclic amines) is 1. The van der Waals surface area contributed by atoms with Crippen LogP contribution in [0, 0.1) is 11.8 Å². The van der Waals surface area contributed by atoms with E-state index in [0.717, 1.165) is 44.1 Å². The lowest BCUT2D eigenvalue weighted by molar-refractivity contribution is -0.116. The molecule has 1 aromatic heterocycles. The summed E-state index contributed by atoms with van der Waals surface area (Å²) in [7, 11) is 0. The molecule has 5 heteroatoms. The molecule has 148 valence electrons. The van der Waals surface area contributed by atoms with Gasteiger partial charge in [-0.3, -0.25) is 14.7 Å². The number of fused-ring (bicyclic) bond motifs is 2. The number of aromatic nitrogens is 1. The van der Waals surface area contributed by atoms with E-state index in [2.05, 4.69) is 50.8 Å². The summed E-state index contributed by atoms with van der Waals surface area (Å²) in [6.45, 7) is 4.51. The number of pyridine rings is 1. The first-order valence-electron chi connectivity index (χ1n) is 10.5. The third kappa shape index (κ3) is 5.18. The minimum absolute atomic E-state index is 0.0797. The number of amides is 1. The van der Waals surface area contributed by atoms with E-state index < -0.39 is 0 Å². The van der Waals surface area contributed by atoms with Gasteiger partial charge in [0.25, 0.3) is 0 Å². The van der Waals surface area contributed by atoms with Crippen molar-refractivity contribution < 1.29 is 4.79 Å². The van der Waals surface area contributed by atoms with E-state index in [1.54, 1.807) is 12.4 Å². The van der Waals surface area contributed by atoms with Crippen molar-refractivity contribution in [1.29, 1.82) is 0 Å². The van der Waals surface area contributed by atoms with Crippen molar-refractivity contribution in [2.75, 3.05) is 25.0 Å². The maximum atomic E-state index is 12.2. The Balaban J connectivity index is 1.23. The topological polar surface area (TPSA) is 57.3 Å². The fourth-order valence-electron chi connectivity index (χ4n) is 4.72. The van der Waals surface area contributed by atoms with Gasteiger partial charge in [0.05, 0.1) is 11.9 Å². The van der Waals surface area contributed by atoms with Gasteiger partial charge in [0.15, 0.2) is 0 Å². The standard InChI is InChI=1S/C23H30N4O/c28-23(26-21-8-5-11-24-14-21)10-4-9-22-20-12-19(13-25-22)16-27(17-20)15-18-6-2-1-3-7-18/h1-3,5-8,11,14,19-20,22,25H,4,9-10,12-13,15-17H2,(H,26,28)/t19-,20+,22+/m0/s1. The van der Waals surface area contributed by atoms with Gasteiger partial charge in [-0.25, -0.2) is 0 Å². The number of anilines is 1. The molecule has 1 aromatic carbocycles. The SMILES string of the molecule is O=C(CCC[C@H]1NC[C@@H]2C[C@@H]1CN(Cc1ccccc1)C2)Nc1cccnc1. The summed E-state index contributed by atoms with van der Waals surface area (Å²) in [6, 6.07) is 15.0. The molecular weight excluding hydrogens is 348 g/mol. The highest BCUT2D eigenvalue weighted by Crippen LogP contribution is 2.31. The van der Waals surface area contributed by atoms with Crippen LogP contribution in [-0.4, -0.2) is 41.5 Å². The van der Waals surface area contributed by atoms with Crippen LogP contribution < -0.4 is 10.6 Å². The van der Waals surface area contributed by atoms with Crippen LogP contribution in [0.25, 0.3) is 0 Å². The third-order valence-electron chi connectivity index (χ3n) is 6.00. The van der Waals surface area contributed by atoms with Crippen LogP contribution in [-0.2, 0) is 11.3 Å². The second-order valence-electron chi connectivity index (χ2n) is 8.24. The molecule has 2 aliphatic rings. The summed E-state index contributed by atoms with van der Waals surface area (Å²) >= 11 is 0. The van der Waals surface area contributed by atoms with Crippen LogP contribution in [0.2, 0.25) is 0 Å². The molecule has 5 nitrogen and oxygen atoms in total. The average molecular weight is 379 g/mol. The van der Waals surface area contributed by atoms with Crippen molar-refractivity contribution in [3.05, 3.63) is 60.4 Å². The lowest BCUT2D eigenvalue weighted by Gasteiger charge is -2.46. The molecule has 0 radical (unpaired) electrons. The fraction of sp³-hybridized carbons (Fsp3) is 0.478. The predicted molar refractivity (Wildman–Crippen MR) is 112 cm³/mol. The predicted octanol–water partition coefficient (Wildman–Crippen LogP) is 3.30. The number of carbonyl (C=O) groups is 1. The summed E-state index contributed by atoms with van der Waals surface area (Å²) in [6.07, 6.45) is 7.27. The van der Waals surface area contributed by atoms with Gasteiger partial charge in [0, 0.05) is 38.3 Å². The van der Waals surface area contributed by atoms with E-state index in [1.807, 2.05) is 12.1 Å². The number of nitrogens with zero attached hydrogens (tertiary/aromatic N) is 2. The van der Waals surface area contributed by atoms with E-state index in [0.29, 0.717) is 18.4 Å². The Morgan fingerprint density at radius 1 is 1.18 bits per heavy atom. The zero-order chi connectivity index (χ0) is 19.2. The molecule has 2 aliphatic heterocycles. The molecule has 0 unspecified atom stereocenters. The van der Waals surface area contributed by atoms with Crippen molar-refractivity contribution in [3.63, 3.8) is 0 Å².